The lowest BCUT2D eigenvalue weighted by Gasteiger charge is -2.34. The summed E-state index contributed by atoms with van der Waals surface area (Å²) >= 11 is 0. The van der Waals surface area contributed by atoms with Crippen molar-refractivity contribution in [3.8, 4) is 11.8 Å². The van der Waals surface area contributed by atoms with E-state index in [0.717, 1.165) is 31.9 Å². The highest BCUT2D eigenvalue weighted by Gasteiger charge is 2.16. The van der Waals surface area contributed by atoms with Crippen LogP contribution in [0, 0.1) is 11.3 Å². The van der Waals surface area contributed by atoms with Crippen LogP contribution in [-0.4, -0.2) is 49.7 Å². The third kappa shape index (κ3) is 4.20. The molecule has 5 heteroatoms. The molecule has 1 aromatic carbocycles. The first-order chi connectivity index (χ1) is 9.69. The van der Waals surface area contributed by atoms with Gasteiger partial charge in [0.15, 0.2) is 6.61 Å². The van der Waals surface area contributed by atoms with Gasteiger partial charge in [0.05, 0.1) is 0 Å². The van der Waals surface area contributed by atoms with E-state index >= 15 is 0 Å². The number of hydrogen-bond acceptors (Lipinski definition) is 5. The quantitative estimate of drug-likeness (QED) is 0.879. The Bertz CT molecular complexity index is 446. The number of rotatable bonds is 5. The van der Waals surface area contributed by atoms with Gasteiger partial charge in [-0.1, -0.05) is 12.1 Å². The fourth-order valence-electron chi connectivity index (χ4n) is 2.25. The standard InChI is InChI=1S/C15H22N4O/c1-13(17-19-10-8-18(2)9-11-19)14-3-5-15(6-4-14)20-12-7-16/h3-6,13,17H,8-12H2,1-2H3. The second-order valence-electron chi connectivity index (χ2n) is 5.16. The number of hydrazine groups is 1. The monoisotopic (exact) mass is 274 g/mol. The van der Waals surface area contributed by atoms with Gasteiger partial charge in [0, 0.05) is 32.2 Å². The van der Waals surface area contributed by atoms with E-state index in [2.05, 4.69) is 29.3 Å². The van der Waals surface area contributed by atoms with E-state index in [4.69, 9.17) is 10.00 Å². The Balaban J connectivity index is 1.85. The first-order valence-electron chi connectivity index (χ1n) is 6.98. The number of ether oxygens (including phenoxy) is 1. The molecule has 0 radical (unpaired) electrons. The van der Waals surface area contributed by atoms with E-state index in [1.807, 2.05) is 30.3 Å². The summed E-state index contributed by atoms with van der Waals surface area (Å²) in [5.41, 5.74) is 4.75. The van der Waals surface area contributed by atoms with E-state index in [1.165, 1.54) is 5.56 Å². The van der Waals surface area contributed by atoms with Crippen LogP contribution in [-0.2, 0) is 0 Å². The Morgan fingerprint density at radius 3 is 2.50 bits per heavy atom. The van der Waals surface area contributed by atoms with Gasteiger partial charge >= 0.3 is 0 Å². The second-order valence-corrected chi connectivity index (χ2v) is 5.16. The lowest BCUT2D eigenvalue weighted by molar-refractivity contribution is 0.0899. The van der Waals surface area contributed by atoms with Crippen molar-refractivity contribution >= 4 is 0 Å². The fraction of sp³-hybridized carbons (Fsp3) is 0.533. The highest BCUT2D eigenvalue weighted by Crippen LogP contribution is 2.18. The van der Waals surface area contributed by atoms with Gasteiger partial charge in [0.2, 0.25) is 0 Å². The van der Waals surface area contributed by atoms with Crippen molar-refractivity contribution < 1.29 is 4.74 Å². The highest BCUT2D eigenvalue weighted by molar-refractivity contribution is 5.29. The normalized spacial score (nSPS) is 18.4. The van der Waals surface area contributed by atoms with Crippen LogP contribution in [0.1, 0.15) is 18.5 Å². The van der Waals surface area contributed by atoms with E-state index in [1.54, 1.807) is 0 Å². The fourth-order valence-corrected chi connectivity index (χ4v) is 2.25. The summed E-state index contributed by atoms with van der Waals surface area (Å²) in [7, 11) is 2.15. The predicted octanol–water partition coefficient (Wildman–Crippen LogP) is 1.40. The van der Waals surface area contributed by atoms with Gasteiger partial charge in [0.1, 0.15) is 11.8 Å². The first kappa shape index (κ1) is 14.8. The number of hydrogen-bond donors (Lipinski definition) is 1. The first-order valence-corrected chi connectivity index (χ1v) is 6.98. The van der Waals surface area contributed by atoms with Crippen LogP contribution in [0.5, 0.6) is 5.75 Å². The van der Waals surface area contributed by atoms with Crippen LogP contribution in [0.2, 0.25) is 0 Å². The summed E-state index contributed by atoms with van der Waals surface area (Å²) in [4.78, 5) is 2.34. The van der Waals surface area contributed by atoms with Gasteiger partial charge in [-0.15, -0.1) is 0 Å². The zero-order valence-electron chi connectivity index (χ0n) is 12.2. The highest BCUT2D eigenvalue weighted by atomic mass is 16.5. The second kappa shape index (κ2) is 7.25. The van der Waals surface area contributed by atoms with Crippen molar-refractivity contribution in [3.63, 3.8) is 0 Å². The number of nitriles is 1. The number of piperazine rings is 1. The smallest absolute Gasteiger partial charge is 0.174 e. The molecule has 1 heterocycles. The summed E-state index contributed by atoms with van der Waals surface area (Å²) in [6.07, 6.45) is 0. The molecule has 0 spiro atoms. The Morgan fingerprint density at radius 1 is 1.25 bits per heavy atom. The summed E-state index contributed by atoms with van der Waals surface area (Å²) < 4.78 is 5.25. The molecule has 1 aromatic rings. The number of nitrogens with zero attached hydrogens (tertiary/aromatic N) is 3. The van der Waals surface area contributed by atoms with E-state index in [9.17, 15) is 0 Å². The number of likely N-dealkylation sites (N-methyl/N-ethyl adjacent to an activating group) is 1. The molecule has 0 aliphatic carbocycles. The molecule has 0 amide bonds. The van der Waals surface area contributed by atoms with Crippen LogP contribution in [0.25, 0.3) is 0 Å². The molecule has 1 unspecified atom stereocenters. The average Bonchev–Trinajstić information content (AvgIpc) is 2.48. The average molecular weight is 274 g/mol. The molecule has 2 rings (SSSR count). The lowest BCUT2D eigenvalue weighted by atomic mass is 10.1. The Labute approximate surface area is 120 Å². The Hall–Kier alpha value is -1.61. The molecule has 1 N–H and O–H groups in total. The summed E-state index contributed by atoms with van der Waals surface area (Å²) in [5, 5.41) is 10.8. The molecule has 0 saturated carbocycles. The molecule has 1 aliphatic rings. The number of nitrogens with one attached hydrogen (secondary N) is 1. The molecule has 5 nitrogen and oxygen atoms in total. The summed E-state index contributed by atoms with van der Waals surface area (Å²) in [5.74, 6) is 0.738. The van der Waals surface area contributed by atoms with Gasteiger partial charge in [0.25, 0.3) is 0 Å². The third-order valence-electron chi connectivity index (χ3n) is 3.56. The van der Waals surface area contributed by atoms with Gasteiger partial charge in [-0.2, -0.15) is 5.26 Å². The van der Waals surface area contributed by atoms with Gasteiger partial charge in [-0.3, -0.25) is 0 Å². The van der Waals surface area contributed by atoms with E-state index < -0.39 is 0 Å². The van der Waals surface area contributed by atoms with Crippen molar-refractivity contribution in [3.05, 3.63) is 29.8 Å². The van der Waals surface area contributed by atoms with Crippen LogP contribution >= 0.6 is 0 Å². The summed E-state index contributed by atoms with van der Waals surface area (Å²) in [6.45, 7) is 6.54. The molecule has 1 saturated heterocycles. The molecule has 0 aromatic heterocycles. The molecule has 108 valence electrons. The minimum absolute atomic E-state index is 0.0917. The molecule has 0 bridgehead atoms. The van der Waals surface area contributed by atoms with Gasteiger partial charge in [-0.25, -0.2) is 10.4 Å². The minimum atomic E-state index is 0.0917. The van der Waals surface area contributed by atoms with Crippen molar-refractivity contribution in [2.75, 3.05) is 39.8 Å². The molecular weight excluding hydrogens is 252 g/mol. The lowest BCUT2D eigenvalue weighted by Crippen LogP contribution is -2.51. The molecule has 1 aliphatic heterocycles. The third-order valence-corrected chi connectivity index (χ3v) is 3.56. The zero-order chi connectivity index (χ0) is 14.4. The maximum atomic E-state index is 8.48. The van der Waals surface area contributed by atoms with Crippen molar-refractivity contribution in [2.45, 2.75) is 13.0 Å². The minimum Gasteiger partial charge on any atom is -0.479 e. The zero-order valence-corrected chi connectivity index (χ0v) is 12.2. The Kier molecular flexibility index (Phi) is 5.36. The van der Waals surface area contributed by atoms with Crippen molar-refractivity contribution in [1.29, 1.82) is 5.26 Å². The SMILES string of the molecule is CC(NN1CCN(C)CC1)c1ccc(OCC#N)cc1. The van der Waals surface area contributed by atoms with Gasteiger partial charge < -0.3 is 9.64 Å². The topological polar surface area (TPSA) is 51.5 Å². The van der Waals surface area contributed by atoms with Crippen LogP contribution < -0.4 is 10.2 Å². The van der Waals surface area contributed by atoms with Gasteiger partial charge in [-0.05, 0) is 31.7 Å². The Morgan fingerprint density at radius 2 is 1.90 bits per heavy atom. The van der Waals surface area contributed by atoms with Crippen LogP contribution in [0.4, 0.5) is 0 Å². The predicted molar refractivity (Wildman–Crippen MR) is 78.2 cm³/mol. The molecular formula is C15H22N4O. The van der Waals surface area contributed by atoms with E-state index in [-0.39, 0.29) is 12.6 Å². The van der Waals surface area contributed by atoms with Crippen molar-refractivity contribution in [2.24, 2.45) is 0 Å². The largest absolute Gasteiger partial charge is 0.479 e. The molecule has 20 heavy (non-hydrogen) atoms. The maximum Gasteiger partial charge on any atom is 0.174 e. The van der Waals surface area contributed by atoms with Crippen LogP contribution in [0.3, 0.4) is 0 Å². The number of benzene rings is 1. The van der Waals surface area contributed by atoms with Crippen LogP contribution in [0.15, 0.2) is 24.3 Å². The molecule has 1 fully saturated rings. The van der Waals surface area contributed by atoms with E-state index in [0.29, 0.717) is 0 Å². The summed E-state index contributed by atoms with van der Waals surface area (Å²) in [6, 6.07) is 10.1. The van der Waals surface area contributed by atoms with Crippen molar-refractivity contribution in [1.82, 2.24) is 15.3 Å². The maximum absolute atomic E-state index is 8.48. The molecule has 1 atom stereocenters.